The molecule has 1 amide bonds. The van der Waals surface area contributed by atoms with Crippen molar-refractivity contribution >= 4 is 18.3 Å². The number of amides is 1. The minimum absolute atomic E-state index is 0. The molecule has 18 heavy (non-hydrogen) atoms. The van der Waals surface area contributed by atoms with Crippen LogP contribution in [0.1, 0.15) is 32.6 Å². The Kier molecular flexibility index (Phi) is 6.39. The number of ether oxygens (including phenoxy) is 1. The predicted octanol–water partition coefficient (Wildman–Crippen LogP) is 1.43. The van der Waals surface area contributed by atoms with Gasteiger partial charge in [0, 0.05) is 20.2 Å². The summed E-state index contributed by atoms with van der Waals surface area (Å²) in [4.78, 5) is 14.3. The van der Waals surface area contributed by atoms with Gasteiger partial charge in [0.15, 0.2) is 0 Å². The van der Waals surface area contributed by atoms with Gasteiger partial charge in [0.2, 0.25) is 5.91 Å². The van der Waals surface area contributed by atoms with E-state index in [9.17, 15) is 4.79 Å². The molecule has 2 heterocycles. The van der Waals surface area contributed by atoms with E-state index in [1.807, 2.05) is 4.90 Å². The molecule has 1 N–H and O–H groups in total. The van der Waals surface area contributed by atoms with E-state index in [0.29, 0.717) is 5.92 Å². The van der Waals surface area contributed by atoms with Crippen molar-refractivity contribution in [1.29, 1.82) is 0 Å². The van der Waals surface area contributed by atoms with Gasteiger partial charge < -0.3 is 15.0 Å². The summed E-state index contributed by atoms with van der Waals surface area (Å²) in [5.41, 5.74) is 0. The van der Waals surface area contributed by atoms with Crippen LogP contribution in [0.2, 0.25) is 0 Å². The number of nitrogens with zero attached hydrogens (tertiary/aromatic N) is 1. The van der Waals surface area contributed by atoms with Gasteiger partial charge in [-0.25, -0.2) is 0 Å². The number of methoxy groups -OCH3 is 1. The van der Waals surface area contributed by atoms with Crippen LogP contribution in [-0.4, -0.2) is 49.7 Å². The van der Waals surface area contributed by atoms with Gasteiger partial charge in [0.1, 0.15) is 0 Å². The van der Waals surface area contributed by atoms with E-state index in [1.54, 1.807) is 7.11 Å². The number of hydrogen-bond acceptors (Lipinski definition) is 3. The molecule has 2 aliphatic rings. The lowest BCUT2D eigenvalue weighted by molar-refractivity contribution is -0.139. The zero-order valence-corrected chi connectivity index (χ0v) is 12.2. The average Bonchev–Trinajstić information content (AvgIpc) is 2.39. The van der Waals surface area contributed by atoms with Crippen LogP contribution in [0.15, 0.2) is 0 Å². The summed E-state index contributed by atoms with van der Waals surface area (Å²) in [6, 6.07) is 0.0506. The van der Waals surface area contributed by atoms with Crippen molar-refractivity contribution in [3.63, 3.8) is 0 Å². The second kappa shape index (κ2) is 7.31. The van der Waals surface area contributed by atoms with Gasteiger partial charge in [0.05, 0.1) is 12.1 Å². The van der Waals surface area contributed by atoms with Gasteiger partial charge >= 0.3 is 0 Å². The van der Waals surface area contributed by atoms with Crippen molar-refractivity contribution in [1.82, 2.24) is 10.2 Å². The van der Waals surface area contributed by atoms with Gasteiger partial charge in [-0.15, -0.1) is 12.4 Å². The minimum atomic E-state index is 0. The quantitative estimate of drug-likeness (QED) is 0.830. The lowest BCUT2D eigenvalue weighted by Gasteiger charge is -2.38. The molecule has 0 aliphatic carbocycles. The molecule has 106 valence electrons. The van der Waals surface area contributed by atoms with Crippen molar-refractivity contribution in [2.45, 2.75) is 44.8 Å². The number of nitrogens with one attached hydrogen (secondary N) is 1. The molecule has 0 bridgehead atoms. The summed E-state index contributed by atoms with van der Waals surface area (Å²) >= 11 is 0. The number of hydrogen-bond donors (Lipinski definition) is 1. The summed E-state index contributed by atoms with van der Waals surface area (Å²) in [6.45, 7) is 4.83. The highest BCUT2D eigenvalue weighted by atomic mass is 35.5. The van der Waals surface area contributed by atoms with E-state index in [1.165, 1.54) is 12.8 Å². The Morgan fingerprint density at radius 3 is 2.72 bits per heavy atom. The van der Waals surface area contributed by atoms with Gasteiger partial charge in [-0.2, -0.15) is 0 Å². The molecule has 2 unspecified atom stereocenters. The molecular formula is C13H25ClN2O2. The van der Waals surface area contributed by atoms with E-state index in [0.717, 1.165) is 32.5 Å². The van der Waals surface area contributed by atoms with E-state index < -0.39 is 0 Å². The average molecular weight is 277 g/mol. The van der Waals surface area contributed by atoms with Crippen LogP contribution in [-0.2, 0) is 9.53 Å². The third-order valence-corrected chi connectivity index (χ3v) is 4.11. The van der Waals surface area contributed by atoms with Crippen molar-refractivity contribution in [3.05, 3.63) is 0 Å². The number of carbonyl (C=O) groups is 1. The SMILES string of the molecule is COC1CN(C(=O)[C@@H]2CCCCN2)CCC1C.Cl. The van der Waals surface area contributed by atoms with Crippen LogP contribution in [0.3, 0.4) is 0 Å². The molecule has 0 aromatic heterocycles. The Hall–Kier alpha value is -0.320. The number of carbonyl (C=O) groups excluding carboxylic acids is 1. The topological polar surface area (TPSA) is 41.6 Å². The Morgan fingerprint density at radius 1 is 1.33 bits per heavy atom. The normalized spacial score (nSPS) is 32.8. The van der Waals surface area contributed by atoms with Gasteiger partial charge in [-0.3, -0.25) is 4.79 Å². The van der Waals surface area contributed by atoms with E-state index in [2.05, 4.69) is 12.2 Å². The molecule has 4 nitrogen and oxygen atoms in total. The first-order chi connectivity index (χ1) is 8.22. The monoisotopic (exact) mass is 276 g/mol. The zero-order chi connectivity index (χ0) is 12.3. The van der Waals surface area contributed by atoms with Gasteiger partial charge in [-0.05, 0) is 31.7 Å². The van der Waals surface area contributed by atoms with Crippen molar-refractivity contribution < 1.29 is 9.53 Å². The van der Waals surface area contributed by atoms with E-state index in [-0.39, 0.29) is 30.5 Å². The second-order valence-corrected chi connectivity index (χ2v) is 5.33. The van der Waals surface area contributed by atoms with Crippen molar-refractivity contribution in [2.24, 2.45) is 5.92 Å². The molecule has 0 radical (unpaired) electrons. The Balaban J connectivity index is 0.00000162. The highest BCUT2D eigenvalue weighted by Gasteiger charge is 2.32. The van der Waals surface area contributed by atoms with Crippen LogP contribution in [0.4, 0.5) is 0 Å². The molecule has 3 atom stereocenters. The number of piperidine rings is 2. The maximum Gasteiger partial charge on any atom is 0.239 e. The van der Waals surface area contributed by atoms with E-state index >= 15 is 0 Å². The first-order valence-corrected chi connectivity index (χ1v) is 6.77. The third kappa shape index (κ3) is 3.59. The Bertz CT molecular complexity index is 270. The standard InChI is InChI=1S/C13H24N2O2.ClH/c1-10-6-8-15(9-12(10)17-2)13(16)11-5-3-4-7-14-11;/h10-12,14H,3-9H2,1-2H3;1H/t10?,11-,12?;/m0./s1. The van der Waals surface area contributed by atoms with Crippen LogP contribution in [0.25, 0.3) is 0 Å². The number of halogens is 1. The summed E-state index contributed by atoms with van der Waals surface area (Å²) in [5.74, 6) is 0.835. The number of rotatable bonds is 2. The molecule has 2 fully saturated rings. The van der Waals surface area contributed by atoms with E-state index in [4.69, 9.17) is 4.74 Å². The molecule has 2 saturated heterocycles. The minimum Gasteiger partial charge on any atom is -0.379 e. The maximum absolute atomic E-state index is 12.3. The molecule has 0 spiro atoms. The molecule has 0 saturated carbocycles. The van der Waals surface area contributed by atoms with Crippen LogP contribution in [0, 0.1) is 5.92 Å². The highest BCUT2D eigenvalue weighted by molar-refractivity contribution is 5.85. The fourth-order valence-electron chi connectivity index (χ4n) is 2.82. The fourth-order valence-corrected chi connectivity index (χ4v) is 2.82. The Labute approximate surface area is 116 Å². The molecule has 2 rings (SSSR count). The summed E-state index contributed by atoms with van der Waals surface area (Å²) in [5, 5.41) is 3.33. The van der Waals surface area contributed by atoms with Crippen molar-refractivity contribution in [2.75, 3.05) is 26.7 Å². The third-order valence-electron chi connectivity index (χ3n) is 4.11. The van der Waals surface area contributed by atoms with Crippen molar-refractivity contribution in [3.8, 4) is 0 Å². The molecular weight excluding hydrogens is 252 g/mol. The maximum atomic E-state index is 12.3. The van der Waals surface area contributed by atoms with Gasteiger partial charge in [0.25, 0.3) is 0 Å². The summed E-state index contributed by atoms with van der Waals surface area (Å²) < 4.78 is 5.46. The lowest BCUT2D eigenvalue weighted by Crippen LogP contribution is -2.54. The first kappa shape index (κ1) is 15.7. The Morgan fingerprint density at radius 2 is 2.11 bits per heavy atom. The smallest absolute Gasteiger partial charge is 0.239 e. The van der Waals surface area contributed by atoms with Crippen LogP contribution >= 0.6 is 12.4 Å². The predicted molar refractivity (Wildman–Crippen MR) is 74.0 cm³/mol. The van der Waals surface area contributed by atoms with Gasteiger partial charge in [-0.1, -0.05) is 13.3 Å². The zero-order valence-electron chi connectivity index (χ0n) is 11.4. The lowest BCUT2D eigenvalue weighted by atomic mass is 9.94. The molecule has 0 aromatic carbocycles. The van der Waals surface area contributed by atoms with Crippen LogP contribution in [0.5, 0.6) is 0 Å². The number of likely N-dealkylation sites (tertiary alicyclic amines) is 1. The second-order valence-electron chi connectivity index (χ2n) is 5.33. The summed E-state index contributed by atoms with van der Waals surface area (Å²) in [7, 11) is 1.74. The fraction of sp³-hybridized carbons (Fsp3) is 0.923. The largest absolute Gasteiger partial charge is 0.379 e. The summed E-state index contributed by atoms with van der Waals surface area (Å²) in [6.07, 6.45) is 4.61. The highest BCUT2D eigenvalue weighted by Crippen LogP contribution is 2.21. The molecule has 5 heteroatoms. The van der Waals surface area contributed by atoms with Crippen LogP contribution < -0.4 is 5.32 Å². The first-order valence-electron chi connectivity index (χ1n) is 6.77. The molecule has 2 aliphatic heterocycles. The molecule has 0 aromatic rings.